The maximum Gasteiger partial charge on any atom is 0.259 e. The zero-order chi connectivity index (χ0) is 30.5. The molecule has 0 aliphatic carbocycles. The molecule has 0 saturated carbocycles. The van der Waals surface area contributed by atoms with Crippen LogP contribution in [0.3, 0.4) is 0 Å². The number of benzene rings is 3. The van der Waals surface area contributed by atoms with E-state index in [1.165, 1.54) is 20.3 Å². The van der Waals surface area contributed by atoms with Gasteiger partial charge in [-0.1, -0.05) is 18.2 Å². The maximum atomic E-state index is 16.1. The van der Waals surface area contributed by atoms with Gasteiger partial charge in [-0.3, -0.25) is 14.4 Å². The summed E-state index contributed by atoms with van der Waals surface area (Å²) in [4.78, 5) is 43.8. The number of nitrogens with one attached hydrogen (secondary N) is 1. The highest BCUT2D eigenvalue weighted by molar-refractivity contribution is 6.01. The third-order valence-corrected chi connectivity index (χ3v) is 8.62. The molecule has 3 aromatic carbocycles. The molecule has 226 valence electrons. The molecule has 11 heteroatoms. The van der Waals surface area contributed by atoms with E-state index < -0.39 is 11.2 Å². The molecule has 2 saturated heterocycles. The van der Waals surface area contributed by atoms with Gasteiger partial charge in [-0.2, -0.15) is 0 Å². The summed E-state index contributed by atoms with van der Waals surface area (Å²) < 4.78 is 35.0. The molecule has 10 nitrogen and oxygen atoms in total. The molecular weight excluding hydrogens is 567 g/mol. The molecule has 4 aromatic rings. The van der Waals surface area contributed by atoms with E-state index in [1.807, 2.05) is 23.1 Å². The van der Waals surface area contributed by atoms with Crippen LogP contribution in [0.5, 0.6) is 23.0 Å². The van der Waals surface area contributed by atoms with Gasteiger partial charge in [0.15, 0.2) is 28.8 Å². The van der Waals surface area contributed by atoms with Gasteiger partial charge in [-0.25, -0.2) is 4.39 Å². The molecule has 0 radical (unpaired) electrons. The number of carbonyl (C=O) groups is 2. The number of nitrogens with zero attached hydrogens (tertiary/aromatic N) is 3. The first-order chi connectivity index (χ1) is 21.4. The number of ether oxygens (including phenoxy) is 3. The van der Waals surface area contributed by atoms with Crippen molar-refractivity contribution in [1.29, 1.82) is 0 Å². The number of anilines is 1. The standard InChI is InChI=1S/C33H31FN4O6/c1-42-26-11-7-8-20(30(26)43-2)32(40)35-19-12-15-37(17-19)28-23(34)16-21-27-31(28)44-25-10-4-3-9-24(25)38(27)18-22(29(21)39)33(41)36-13-5-6-14-36/h3-4,7-11,16,18-19H,5-6,12-15,17H2,1-2H3,(H,35,40). The van der Waals surface area contributed by atoms with Crippen molar-refractivity contribution in [2.45, 2.75) is 25.3 Å². The van der Waals surface area contributed by atoms with E-state index in [4.69, 9.17) is 14.2 Å². The van der Waals surface area contributed by atoms with Crippen LogP contribution < -0.4 is 29.9 Å². The summed E-state index contributed by atoms with van der Waals surface area (Å²) in [7, 11) is 2.98. The van der Waals surface area contributed by atoms with E-state index in [1.54, 1.807) is 39.9 Å². The molecule has 0 bridgehead atoms. The number of aromatic nitrogens is 1. The molecule has 4 heterocycles. The van der Waals surface area contributed by atoms with E-state index in [9.17, 15) is 14.4 Å². The first kappa shape index (κ1) is 27.8. The third-order valence-electron chi connectivity index (χ3n) is 8.62. The Morgan fingerprint density at radius 1 is 1.00 bits per heavy atom. The van der Waals surface area contributed by atoms with Crippen LogP contribution in [0.4, 0.5) is 10.1 Å². The van der Waals surface area contributed by atoms with E-state index in [0.29, 0.717) is 66.6 Å². The van der Waals surface area contributed by atoms with Gasteiger partial charge in [0, 0.05) is 38.4 Å². The van der Waals surface area contributed by atoms with Crippen molar-refractivity contribution < 1.29 is 28.2 Å². The monoisotopic (exact) mass is 598 g/mol. The van der Waals surface area contributed by atoms with E-state index in [0.717, 1.165) is 12.8 Å². The fraction of sp³-hybridized carbons (Fsp3) is 0.303. The second kappa shape index (κ2) is 10.9. The molecular formula is C33H31FN4O6. The van der Waals surface area contributed by atoms with Crippen molar-refractivity contribution in [2.75, 3.05) is 45.3 Å². The average molecular weight is 599 g/mol. The lowest BCUT2D eigenvalue weighted by Gasteiger charge is -2.29. The number of hydrogen-bond acceptors (Lipinski definition) is 7. The minimum absolute atomic E-state index is 0.00567. The lowest BCUT2D eigenvalue weighted by Crippen LogP contribution is -2.37. The molecule has 2 fully saturated rings. The van der Waals surface area contributed by atoms with Crippen molar-refractivity contribution >= 4 is 28.4 Å². The van der Waals surface area contributed by atoms with E-state index >= 15 is 4.39 Å². The Bertz CT molecular complexity index is 1880. The third kappa shape index (κ3) is 4.42. The SMILES string of the molecule is COc1cccc(C(=O)NC2CCN(c3c(F)cc4c(=O)c(C(=O)N5CCCC5)cn5c4c3Oc3ccccc3-5)C2)c1OC. The van der Waals surface area contributed by atoms with Crippen molar-refractivity contribution in [1.82, 2.24) is 14.8 Å². The zero-order valence-corrected chi connectivity index (χ0v) is 24.4. The maximum absolute atomic E-state index is 16.1. The van der Waals surface area contributed by atoms with Crippen molar-refractivity contribution in [3.63, 3.8) is 0 Å². The Morgan fingerprint density at radius 3 is 2.57 bits per heavy atom. The largest absolute Gasteiger partial charge is 0.493 e. The number of fused-ring (bicyclic) bond motifs is 2. The number of amides is 2. The Hall–Kier alpha value is -5.06. The fourth-order valence-electron chi connectivity index (χ4n) is 6.50. The first-order valence-corrected chi connectivity index (χ1v) is 14.6. The van der Waals surface area contributed by atoms with Crippen LogP contribution in [0.15, 0.2) is 59.5 Å². The predicted octanol–water partition coefficient (Wildman–Crippen LogP) is 4.50. The van der Waals surface area contributed by atoms with Crippen LogP contribution in [-0.2, 0) is 0 Å². The van der Waals surface area contributed by atoms with Crippen LogP contribution in [0.2, 0.25) is 0 Å². The number of para-hydroxylation sites is 3. The normalized spacial score (nSPS) is 16.9. The quantitative estimate of drug-likeness (QED) is 0.307. The lowest BCUT2D eigenvalue weighted by molar-refractivity contribution is 0.0790. The van der Waals surface area contributed by atoms with Gasteiger partial charge < -0.3 is 33.9 Å². The van der Waals surface area contributed by atoms with Crippen molar-refractivity contribution in [3.8, 4) is 28.7 Å². The zero-order valence-electron chi connectivity index (χ0n) is 24.4. The second-order valence-corrected chi connectivity index (χ2v) is 11.2. The number of pyridine rings is 1. The molecule has 1 N–H and O–H groups in total. The molecule has 3 aliphatic rings. The molecule has 1 unspecified atom stereocenters. The van der Waals surface area contributed by atoms with Crippen LogP contribution in [0, 0.1) is 5.82 Å². The number of rotatable bonds is 6. The molecule has 2 amide bonds. The minimum Gasteiger partial charge on any atom is -0.493 e. The topological polar surface area (TPSA) is 102 Å². The first-order valence-electron chi connectivity index (χ1n) is 14.6. The molecule has 1 aromatic heterocycles. The molecule has 1 atom stereocenters. The Balaban J connectivity index is 1.26. The van der Waals surface area contributed by atoms with Gasteiger partial charge in [0.05, 0.1) is 30.9 Å². The van der Waals surface area contributed by atoms with Crippen molar-refractivity contribution in [2.24, 2.45) is 0 Å². The highest BCUT2D eigenvalue weighted by Crippen LogP contribution is 2.47. The molecule has 44 heavy (non-hydrogen) atoms. The number of methoxy groups -OCH3 is 2. The fourth-order valence-corrected chi connectivity index (χ4v) is 6.50. The number of hydrogen-bond donors (Lipinski definition) is 1. The lowest BCUT2D eigenvalue weighted by atomic mass is 10.1. The Labute approximate surface area is 252 Å². The summed E-state index contributed by atoms with van der Waals surface area (Å²) >= 11 is 0. The molecule has 7 rings (SSSR count). The predicted molar refractivity (Wildman–Crippen MR) is 162 cm³/mol. The van der Waals surface area contributed by atoms with Crippen LogP contribution in [-0.4, -0.2) is 67.7 Å². The van der Waals surface area contributed by atoms with Gasteiger partial charge >= 0.3 is 0 Å². The van der Waals surface area contributed by atoms with Crippen LogP contribution in [0.1, 0.15) is 40.0 Å². The molecule has 3 aliphatic heterocycles. The summed E-state index contributed by atoms with van der Waals surface area (Å²) in [6, 6.07) is 13.3. The second-order valence-electron chi connectivity index (χ2n) is 11.2. The van der Waals surface area contributed by atoms with Gasteiger partial charge in [0.1, 0.15) is 16.8 Å². The summed E-state index contributed by atoms with van der Waals surface area (Å²) in [5, 5.41) is 3.11. The highest BCUT2D eigenvalue weighted by Gasteiger charge is 2.35. The number of halogens is 1. The van der Waals surface area contributed by atoms with E-state index in [-0.39, 0.29) is 40.2 Å². The Kier molecular flexibility index (Phi) is 6.87. The minimum atomic E-state index is -0.636. The Morgan fingerprint density at radius 2 is 1.80 bits per heavy atom. The number of likely N-dealkylation sites (tertiary alicyclic amines) is 1. The highest BCUT2D eigenvalue weighted by atomic mass is 19.1. The van der Waals surface area contributed by atoms with Gasteiger partial charge in [0.2, 0.25) is 5.43 Å². The van der Waals surface area contributed by atoms with E-state index in [2.05, 4.69) is 5.32 Å². The van der Waals surface area contributed by atoms with Gasteiger partial charge in [-0.15, -0.1) is 0 Å². The summed E-state index contributed by atoms with van der Waals surface area (Å²) in [5.74, 6) is 0.144. The molecule has 0 spiro atoms. The summed E-state index contributed by atoms with van der Waals surface area (Å²) in [5.41, 5.74) is 1.07. The summed E-state index contributed by atoms with van der Waals surface area (Å²) in [6.07, 6.45) is 3.89. The van der Waals surface area contributed by atoms with Gasteiger partial charge in [0.25, 0.3) is 11.8 Å². The van der Waals surface area contributed by atoms with Crippen molar-refractivity contribution in [3.05, 3.63) is 81.9 Å². The van der Waals surface area contributed by atoms with Crippen LogP contribution in [0.25, 0.3) is 16.6 Å². The van der Waals surface area contributed by atoms with Crippen LogP contribution >= 0.6 is 0 Å². The number of carbonyl (C=O) groups excluding carboxylic acids is 2. The van der Waals surface area contributed by atoms with Gasteiger partial charge in [-0.05, 0) is 49.6 Å². The average Bonchev–Trinajstić information content (AvgIpc) is 3.74. The smallest absolute Gasteiger partial charge is 0.259 e. The summed E-state index contributed by atoms with van der Waals surface area (Å²) in [6.45, 7) is 1.93.